The molecule has 0 aliphatic carbocycles. The number of fused-ring (bicyclic) bond motifs is 12. The Labute approximate surface area is 340 Å². The molecule has 3 heterocycles. The van der Waals surface area contributed by atoms with E-state index >= 15 is 0 Å². The maximum atomic E-state index is 10.9. The molecule has 0 bridgehead atoms. The third-order valence-electron chi connectivity index (χ3n) is 12.0. The second-order valence-corrected chi connectivity index (χ2v) is 15.2. The van der Waals surface area contributed by atoms with E-state index in [1.807, 2.05) is 12.1 Å². The fourth-order valence-corrected chi connectivity index (χ4v) is 9.57. The van der Waals surface area contributed by atoms with Crippen LogP contribution >= 0.6 is 0 Å². The molecule has 3 aromatic heterocycles. The number of benzene rings is 9. The first-order valence-electron chi connectivity index (χ1n) is 20.0. The number of nitriles is 1. The molecule has 0 N–H and O–H groups in total. The van der Waals surface area contributed by atoms with E-state index in [-0.39, 0.29) is 0 Å². The summed E-state index contributed by atoms with van der Waals surface area (Å²) in [5.41, 5.74) is 14.8. The molecule has 274 valence electrons. The lowest BCUT2D eigenvalue weighted by Crippen LogP contribution is -2.00. The fourth-order valence-electron chi connectivity index (χ4n) is 9.57. The van der Waals surface area contributed by atoms with Crippen molar-refractivity contribution in [3.8, 4) is 45.4 Å². The summed E-state index contributed by atoms with van der Waals surface area (Å²) in [6.07, 6.45) is 0. The van der Waals surface area contributed by atoms with E-state index in [4.69, 9.17) is 0 Å². The van der Waals surface area contributed by atoms with Gasteiger partial charge in [-0.25, -0.2) is 0 Å². The van der Waals surface area contributed by atoms with Crippen LogP contribution in [0.3, 0.4) is 0 Å². The van der Waals surface area contributed by atoms with Crippen LogP contribution in [-0.4, -0.2) is 13.7 Å². The maximum absolute atomic E-state index is 10.9. The Morgan fingerprint density at radius 1 is 0.322 bits per heavy atom. The molecule has 9 aromatic carbocycles. The molecular formula is C55H34N4. The lowest BCUT2D eigenvalue weighted by atomic mass is 9.98. The normalized spacial score (nSPS) is 11.7. The van der Waals surface area contributed by atoms with E-state index in [0.29, 0.717) is 5.56 Å². The molecule has 59 heavy (non-hydrogen) atoms. The van der Waals surface area contributed by atoms with Crippen molar-refractivity contribution in [2.24, 2.45) is 0 Å². The first kappa shape index (κ1) is 33.1. The van der Waals surface area contributed by atoms with Crippen molar-refractivity contribution in [1.82, 2.24) is 13.7 Å². The van der Waals surface area contributed by atoms with Gasteiger partial charge in [0.05, 0.1) is 44.4 Å². The van der Waals surface area contributed by atoms with E-state index < -0.39 is 0 Å². The van der Waals surface area contributed by atoms with Crippen molar-refractivity contribution in [2.45, 2.75) is 0 Å². The summed E-state index contributed by atoms with van der Waals surface area (Å²) in [6, 6.07) is 75.8. The fraction of sp³-hybridized carbons (Fsp3) is 0. The number of para-hydroxylation sites is 5. The highest BCUT2D eigenvalue weighted by Crippen LogP contribution is 2.50. The maximum Gasteiger partial charge on any atom is 0.101 e. The summed E-state index contributed by atoms with van der Waals surface area (Å²) < 4.78 is 7.28. The molecule has 0 atom stereocenters. The lowest BCUT2D eigenvalue weighted by Gasteiger charge is -2.15. The summed E-state index contributed by atoms with van der Waals surface area (Å²) in [5.74, 6) is 0. The topological polar surface area (TPSA) is 38.6 Å². The van der Waals surface area contributed by atoms with E-state index in [1.54, 1.807) is 0 Å². The van der Waals surface area contributed by atoms with Gasteiger partial charge in [0.25, 0.3) is 0 Å². The van der Waals surface area contributed by atoms with Gasteiger partial charge in [0.1, 0.15) is 6.07 Å². The zero-order valence-corrected chi connectivity index (χ0v) is 31.9. The summed E-state index contributed by atoms with van der Waals surface area (Å²) in [4.78, 5) is 0. The highest BCUT2D eigenvalue weighted by molar-refractivity contribution is 6.40. The van der Waals surface area contributed by atoms with Gasteiger partial charge in [-0.05, 0) is 76.9 Å². The van der Waals surface area contributed by atoms with E-state index in [9.17, 15) is 5.26 Å². The molecule has 0 saturated carbocycles. The van der Waals surface area contributed by atoms with Crippen LogP contribution in [0.1, 0.15) is 5.56 Å². The summed E-state index contributed by atoms with van der Waals surface area (Å²) >= 11 is 0. The van der Waals surface area contributed by atoms with Gasteiger partial charge in [0.15, 0.2) is 0 Å². The molecule has 0 aliphatic heterocycles. The molecule has 0 radical (unpaired) electrons. The van der Waals surface area contributed by atoms with E-state index in [0.717, 1.165) is 82.8 Å². The predicted octanol–water partition coefficient (Wildman–Crippen LogP) is 14.2. The molecule has 4 heteroatoms. The van der Waals surface area contributed by atoms with Gasteiger partial charge < -0.3 is 13.7 Å². The number of rotatable bonds is 5. The Bertz CT molecular complexity index is 3570. The summed E-state index contributed by atoms with van der Waals surface area (Å²) in [7, 11) is 0. The van der Waals surface area contributed by atoms with E-state index in [1.165, 1.54) is 21.9 Å². The van der Waals surface area contributed by atoms with Crippen LogP contribution < -0.4 is 0 Å². The van der Waals surface area contributed by atoms with Crippen molar-refractivity contribution in [2.75, 3.05) is 0 Å². The standard InChI is InChI=1S/C55H34N4/c56-35-40-33-32-39(38-30-28-37(29-31-38)36-16-4-1-5-17-36)34-49(40)59-48-27-15-12-24-45(48)52-54-50(43-22-10-13-25-46(43)57(54)41-18-6-2-7-19-41)53-51(55(52)59)44-23-11-14-26-47(44)58(53)42-20-8-3-9-21-42/h1-34H. The quantitative estimate of drug-likeness (QED) is 0.173. The molecule has 0 amide bonds. The Balaban J connectivity index is 1.30. The Hall–Kier alpha value is -8.13. The van der Waals surface area contributed by atoms with Crippen LogP contribution in [0.4, 0.5) is 0 Å². The average Bonchev–Trinajstić information content (AvgIpc) is 3.96. The zero-order chi connectivity index (χ0) is 39.0. The van der Waals surface area contributed by atoms with Crippen LogP contribution in [0.15, 0.2) is 206 Å². The number of nitrogens with zero attached hydrogens (tertiary/aromatic N) is 4. The average molecular weight is 751 g/mol. The van der Waals surface area contributed by atoms with Crippen molar-refractivity contribution >= 4 is 65.4 Å². The largest absolute Gasteiger partial charge is 0.308 e. The van der Waals surface area contributed by atoms with Gasteiger partial charge in [0.2, 0.25) is 0 Å². The van der Waals surface area contributed by atoms with Crippen molar-refractivity contribution in [3.05, 3.63) is 212 Å². The molecule has 0 spiro atoms. The highest BCUT2D eigenvalue weighted by atomic mass is 15.0. The monoisotopic (exact) mass is 750 g/mol. The molecule has 0 fully saturated rings. The molecular weight excluding hydrogens is 717 g/mol. The zero-order valence-electron chi connectivity index (χ0n) is 31.9. The minimum atomic E-state index is 0.612. The highest BCUT2D eigenvalue weighted by Gasteiger charge is 2.29. The first-order valence-corrected chi connectivity index (χ1v) is 20.0. The van der Waals surface area contributed by atoms with Crippen molar-refractivity contribution < 1.29 is 0 Å². The number of hydrogen-bond donors (Lipinski definition) is 0. The molecule has 0 aliphatic rings. The minimum Gasteiger partial charge on any atom is -0.308 e. The molecule has 4 nitrogen and oxygen atoms in total. The van der Waals surface area contributed by atoms with Gasteiger partial charge in [-0.15, -0.1) is 0 Å². The number of hydrogen-bond acceptors (Lipinski definition) is 1. The lowest BCUT2D eigenvalue weighted by molar-refractivity contribution is 1.16. The second kappa shape index (κ2) is 13.0. The second-order valence-electron chi connectivity index (χ2n) is 15.2. The Morgan fingerprint density at radius 3 is 1.15 bits per heavy atom. The van der Waals surface area contributed by atoms with Crippen LogP contribution in [-0.2, 0) is 0 Å². The Kier molecular flexibility index (Phi) is 7.26. The SMILES string of the molecule is N#Cc1ccc(-c2ccc(-c3ccccc3)cc2)cc1-n1c2ccccc2c2c3c(c4ccccc4n3-c3ccccc3)c3c(c4ccccc4n3-c3ccccc3)c21. The molecule has 12 rings (SSSR count). The van der Waals surface area contributed by atoms with E-state index in [2.05, 4.69) is 214 Å². The third kappa shape index (κ3) is 4.83. The van der Waals surface area contributed by atoms with Crippen molar-refractivity contribution in [3.63, 3.8) is 0 Å². The van der Waals surface area contributed by atoms with Gasteiger partial charge in [-0.2, -0.15) is 5.26 Å². The molecule has 0 unspecified atom stereocenters. The van der Waals surface area contributed by atoms with Crippen LogP contribution in [0.25, 0.3) is 105 Å². The van der Waals surface area contributed by atoms with Gasteiger partial charge in [0, 0.05) is 43.7 Å². The molecule has 0 saturated heterocycles. The van der Waals surface area contributed by atoms with Crippen LogP contribution in [0.5, 0.6) is 0 Å². The molecule has 12 aromatic rings. The predicted molar refractivity (Wildman–Crippen MR) is 245 cm³/mol. The van der Waals surface area contributed by atoms with Gasteiger partial charge in [-0.1, -0.05) is 152 Å². The van der Waals surface area contributed by atoms with Gasteiger partial charge >= 0.3 is 0 Å². The van der Waals surface area contributed by atoms with Crippen molar-refractivity contribution in [1.29, 1.82) is 5.26 Å². The first-order chi connectivity index (χ1) is 29.3. The van der Waals surface area contributed by atoms with Crippen LogP contribution in [0.2, 0.25) is 0 Å². The van der Waals surface area contributed by atoms with Crippen LogP contribution in [0, 0.1) is 11.3 Å². The smallest absolute Gasteiger partial charge is 0.101 e. The van der Waals surface area contributed by atoms with Gasteiger partial charge in [-0.3, -0.25) is 0 Å². The number of aromatic nitrogens is 3. The summed E-state index contributed by atoms with van der Waals surface area (Å²) in [5, 5.41) is 17.9. The Morgan fingerprint density at radius 2 is 0.678 bits per heavy atom. The summed E-state index contributed by atoms with van der Waals surface area (Å²) in [6.45, 7) is 0. The minimum absolute atomic E-state index is 0.612. The third-order valence-corrected chi connectivity index (χ3v) is 12.0.